The van der Waals surface area contributed by atoms with Gasteiger partial charge >= 0.3 is 0 Å². The molecule has 116 valence electrons. The van der Waals surface area contributed by atoms with Gasteiger partial charge in [-0.05, 0) is 86.4 Å². The molecule has 0 spiro atoms. The SMILES string of the molecule is CC(C)(C)[S@@](=O)NC(c1ccc(Br)cn1)(C1CC1)C1CC1. The van der Waals surface area contributed by atoms with Crippen molar-refractivity contribution >= 4 is 26.9 Å². The zero-order valence-electron chi connectivity index (χ0n) is 12.9. The van der Waals surface area contributed by atoms with E-state index in [1.54, 1.807) is 0 Å². The quantitative estimate of drug-likeness (QED) is 0.853. The molecule has 1 aromatic heterocycles. The third kappa shape index (κ3) is 3.10. The van der Waals surface area contributed by atoms with Crippen molar-refractivity contribution in [1.29, 1.82) is 0 Å². The normalized spacial score (nSPS) is 21.3. The van der Waals surface area contributed by atoms with Crippen LogP contribution in [-0.2, 0) is 16.5 Å². The van der Waals surface area contributed by atoms with E-state index in [1.807, 2.05) is 33.0 Å². The predicted molar refractivity (Wildman–Crippen MR) is 90.1 cm³/mol. The summed E-state index contributed by atoms with van der Waals surface area (Å²) in [6, 6.07) is 4.14. The molecule has 1 heterocycles. The molecule has 2 aliphatic carbocycles. The Morgan fingerprint density at radius 1 is 1.19 bits per heavy atom. The Morgan fingerprint density at radius 3 is 2.14 bits per heavy atom. The van der Waals surface area contributed by atoms with Gasteiger partial charge in [-0.15, -0.1) is 0 Å². The zero-order chi connectivity index (χ0) is 15.3. The lowest BCUT2D eigenvalue weighted by molar-refractivity contribution is 0.288. The molecule has 0 bridgehead atoms. The van der Waals surface area contributed by atoms with Crippen molar-refractivity contribution in [2.24, 2.45) is 11.8 Å². The van der Waals surface area contributed by atoms with Gasteiger partial charge in [0.1, 0.15) is 0 Å². The van der Waals surface area contributed by atoms with E-state index in [0.29, 0.717) is 11.8 Å². The van der Waals surface area contributed by atoms with Crippen LogP contribution in [0.4, 0.5) is 0 Å². The van der Waals surface area contributed by atoms with Gasteiger partial charge in [0.05, 0.1) is 27.0 Å². The lowest BCUT2D eigenvalue weighted by Gasteiger charge is -2.37. The van der Waals surface area contributed by atoms with Crippen LogP contribution in [0, 0.1) is 11.8 Å². The fourth-order valence-corrected chi connectivity index (χ4v) is 4.26. The summed E-state index contributed by atoms with van der Waals surface area (Å²) in [5.41, 5.74) is 0.868. The van der Waals surface area contributed by atoms with E-state index >= 15 is 0 Å². The Labute approximate surface area is 138 Å². The van der Waals surface area contributed by atoms with Gasteiger partial charge in [-0.25, -0.2) is 8.93 Å². The largest absolute Gasteiger partial charge is 0.258 e. The maximum absolute atomic E-state index is 12.7. The Kier molecular flexibility index (Phi) is 4.04. The molecule has 2 aliphatic rings. The number of hydrogen-bond donors (Lipinski definition) is 1. The van der Waals surface area contributed by atoms with Gasteiger partial charge in [0.25, 0.3) is 0 Å². The zero-order valence-corrected chi connectivity index (χ0v) is 15.3. The minimum atomic E-state index is -1.08. The second-order valence-corrected chi connectivity index (χ2v) is 10.1. The average molecular weight is 371 g/mol. The average Bonchev–Trinajstić information content (AvgIpc) is 3.28. The topological polar surface area (TPSA) is 42.0 Å². The van der Waals surface area contributed by atoms with Crippen molar-refractivity contribution in [3.05, 3.63) is 28.5 Å². The van der Waals surface area contributed by atoms with Crippen LogP contribution < -0.4 is 4.72 Å². The van der Waals surface area contributed by atoms with Crippen LogP contribution >= 0.6 is 15.9 Å². The molecule has 2 saturated carbocycles. The Balaban J connectivity index is 1.98. The second-order valence-electron chi connectivity index (χ2n) is 7.26. The van der Waals surface area contributed by atoms with Crippen molar-refractivity contribution in [2.45, 2.75) is 56.7 Å². The van der Waals surface area contributed by atoms with E-state index in [9.17, 15) is 4.21 Å². The lowest BCUT2D eigenvalue weighted by Crippen LogP contribution is -2.51. The van der Waals surface area contributed by atoms with Crippen LogP contribution in [0.3, 0.4) is 0 Å². The molecule has 1 atom stereocenters. The van der Waals surface area contributed by atoms with Crippen LogP contribution in [0.15, 0.2) is 22.8 Å². The fourth-order valence-electron chi connectivity index (χ4n) is 2.97. The number of nitrogens with one attached hydrogen (secondary N) is 1. The fraction of sp³-hybridized carbons (Fsp3) is 0.688. The standard InChI is InChI=1S/C16H23BrN2OS/c1-15(2,3)21(20)19-16(11-4-5-11,12-6-7-12)14-9-8-13(17)10-18-14/h8-12,19H,4-7H2,1-3H3/t21-/m1/s1. The summed E-state index contributed by atoms with van der Waals surface area (Å²) in [5.74, 6) is 1.15. The predicted octanol–water partition coefficient (Wildman–Crippen LogP) is 3.91. The van der Waals surface area contributed by atoms with Crippen LogP contribution in [0.1, 0.15) is 52.1 Å². The van der Waals surface area contributed by atoms with Crippen molar-refractivity contribution in [3.8, 4) is 0 Å². The molecule has 0 unspecified atom stereocenters. The molecule has 3 rings (SSSR count). The summed E-state index contributed by atoms with van der Waals surface area (Å²) >= 11 is 3.46. The minimum absolute atomic E-state index is 0.196. The first-order valence-electron chi connectivity index (χ1n) is 7.66. The molecule has 2 fully saturated rings. The highest BCUT2D eigenvalue weighted by Gasteiger charge is 2.57. The number of hydrogen-bond acceptors (Lipinski definition) is 2. The Bertz CT molecular complexity index is 532. The molecule has 1 N–H and O–H groups in total. The lowest BCUT2D eigenvalue weighted by atomic mass is 9.85. The molecule has 0 radical (unpaired) electrons. The summed E-state index contributed by atoms with van der Waals surface area (Å²) in [5, 5.41) is 0. The maximum Gasteiger partial charge on any atom is 0.0979 e. The monoisotopic (exact) mass is 370 g/mol. The molecule has 0 amide bonds. The van der Waals surface area contributed by atoms with Gasteiger partial charge in [0, 0.05) is 10.7 Å². The number of rotatable bonds is 5. The van der Waals surface area contributed by atoms with Gasteiger partial charge in [-0.1, -0.05) is 0 Å². The van der Waals surface area contributed by atoms with Gasteiger partial charge < -0.3 is 0 Å². The highest BCUT2D eigenvalue weighted by molar-refractivity contribution is 9.10. The summed E-state index contributed by atoms with van der Waals surface area (Å²) < 4.78 is 17.0. The van der Waals surface area contributed by atoms with E-state index in [1.165, 1.54) is 25.7 Å². The summed E-state index contributed by atoms with van der Waals surface area (Å²) in [4.78, 5) is 4.66. The van der Waals surface area contributed by atoms with Crippen molar-refractivity contribution in [3.63, 3.8) is 0 Å². The highest BCUT2D eigenvalue weighted by Crippen LogP contribution is 2.57. The minimum Gasteiger partial charge on any atom is -0.258 e. The van der Waals surface area contributed by atoms with E-state index < -0.39 is 11.0 Å². The number of nitrogens with zero attached hydrogens (tertiary/aromatic N) is 1. The van der Waals surface area contributed by atoms with Gasteiger partial charge in [0.2, 0.25) is 0 Å². The Hall–Kier alpha value is -0.260. The molecule has 0 aliphatic heterocycles. The van der Waals surface area contributed by atoms with Crippen molar-refractivity contribution in [1.82, 2.24) is 9.71 Å². The number of aromatic nitrogens is 1. The third-order valence-corrected chi connectivity index (χ3v) is 6.52. The Morgan fingerprint density at radius 2 is 1.76 bits per heavy atom. The second kappa shape index (κ2) is 5.43. The molecule has 3 nitrogen and oxygen atoms in total. The highest BCUT2D eigenvalue weighted by atomic mass is 79.9. The van der Waals surface area contributed by atoms with Crippen LogP contribution in [0.25, 0.3) is 0 Å². The summed E-state index contributed by atoms with van der Waals surface area (Å²) in [7, 11) is -1.08. The molecular weight excluding hydrogens is 348 g/mol. The van der Waals surface area contributed by atoms with Gasteiger partial charge in [-0.2, -0.15) is 0 Å². The molecule has 21 heavy (non-hydrogen) atoms. The van der Waals surface area contributed by atoms with Gasteiger partial charge in [0.15, 0.2) is 0 Å². The van der Waals surface area contributed by atoms with Crippen LogP contribution in [0.2, 0.25) is 0 Å². The van der Waals surface area contributed by atoms with Crippen LogP contribution in [-0.4, -0.2) is 13.9 Å². The molecule has 0 aromatic carbocycles. The smallest absolute Gasteiger partial charge is 0.0979 e. The van der Waals surface area contributed by atoms with Gasteiger partial charge in [-0.3, -0.25) is 4.98 Å². The van der Waals surface area contributed by atoms with E-state index in [4.69, 9.17) is 0 Å². The van der Waals surface area contributed by atoms with E-state index in [2.05, 4.69) is 31.7 Å². The van der Waals surface area contributed by atoms with Crippen LogP contribution in [0.5, 0.6) is 0 Å². The first-order chi connectivity index (χ1) is 9.84. The van der Waals surface area contributed by atoms with Crippen molar-refractivity contribution in [2.75, 3.05) is 0 Å². The first-order valence-corrected chi connectivity index (χ1v) is 9.60. The maximum atomic E-state index is 12.7. The number of halogens is 1. The number of pyridine rings is 1. The first kappa shape index (κ1) is 15.6. The summed E-state index contributed by atoms with van der Waals surface area (Å²) in [6.45, 7) is 6.07. The third-order valence-electron chi connectivity index (χ3n) is 4.41. The summed E-state index contributed by atoms with van der Waals surface area (Å²) in [6.07, 6.45) is 6.70. The molecule has 5 heteroatoms. The molecule has 1 aromatic rings. The molecular formula is C16H23BrN2OS. The van der Waals surface area contributed by atoms with Crippen molar-refractivity contribution < 1.29 is 4.21 Å². The van der Waals surface area contributed by atoms with E-state index in [0.717, 1.165) is 10.2 Å². The molecule has 0 saturated heterocycles. The van der Waals surface area contributed by atoms with E-state index in [-0.39, 0.29) is 10.3 Å².